The first-order chi connectivity index (χ1) is 15.7. The quantitative estimate of drug-likeness (QED) is 0.180. The van der Waals surface area contributed by atoms with Gasteiger partial charge in [-0.2, -0.15) is 38.1 Å². The lowest BCUT2D eigenvalue weighted by molar-refractivity contribution is -0.139. The van der Waals surface area contributed by atoms with Crippen molar-refractivity contribution >= 4 is 74.5 Å². The highest BCUT2D eigenvalue weighted by atomic mass is 79.9. The molecule has 0 spiro atoms. The van der Waals surface area contributed by atoms with E-state index in [0.29, 0.717) is 21.8 Å². The maximum Gasteiger partial charge on any atom is 0.399 e. The molecule has 0 aliphatic carbocycles. The molecule has 2 rings (SSSR count). The Kier molecular flexibility index (Phi) is 10.5. The van der Waals surface area contributed by atoms with Gasteiger partial charge in [-0.25, -0.2) is 0 Å². The highest BCUT2D eigenvalue weighted by Gasteiger charge is 2.39. The third-order valence-electron chi connectivity index (χ3n) is 4.23. The van der Waals surface area contributed by atoms with Crippen molar-refractivity contribution in [1.82, 2.24) is 5.32 Å². The molecule has 0 aliphatic heterocycles. The van der Waals surface area contributed by atoms with Crippen LogP contribution in [0.25, 0.3) is 6.08 Å². The number of amides is 1. The molecule has 0 bridgehead atoms. The molecule has 0 radical (unpaired) electrons. The first-order valence-electron chi connectivity index (χ1n) is 9.30. The third-order valence-corrected chi connectivity index (χ3v) is 7.11. The van der Waals surface area contributed by atoms with Gasteiger partial charge in [0.1, 0.15) is 0 Å². The number of hydrogen-bond donors (Lipinski definition) is 1. The van der Waals surface area contributed by atoms with Crippen LogP contribution in [-0.2, 0) is 0 Å². The molecule has 1 amide bonds. The van der Waals surface area contributed by atoms with Gasteiger partial charge in [-0.05, 0) is 51.3 Å². The van der Waals surface area contributed by atoms with E-state index in [1.807, 2.05) is 0 Å². The number of carbonyl (C=O) groups excluding carboxylic acids is 1. The predicted octanol–water partition coefficient (Wildman–Crippen LogP) is 8.79. The molecular weight excluding hydrogens is 615 g/mol. The molecule has 13 heteroatoms. The second-order valence-corrected chi connectivity index (χ2v) is 9.99. The van der Waals surface area contributed by atoms with E-state index >= 15 is 0 Å². The van der Waals surface area contributed by atoms with Crippen LogP contribution in [0.3, 0.4) is 0 Å². The SMILES string of the molecule is O=C(NCCSCC(F)(F)F)c1ccc(C=CC(c2cc(Cl)c(Cl)c(Cl)c2)C(F)(F)F)cc1Br. The molecule has 2 aromatic rings. The number of halogens is 10. The highest BCUT2D eigenvalue weighted by molar-refractivity contribution is 9.10. The Morgan fingerprint density at radius 2 is 1.68 bits per heavy atom. The summed E-state index contributed by atoms with van der Waals surface area (Å²) in [5.74, 6) is -3.49. The fourth-order valence-electron chi connectivity index (χ4n) is 2.71. The average Bonchev–Trinajstić information content (AvgIpc) is 2.70. The number of nitrogens with one attached hydrogen (secondary N) is 1. The molecule has 34 heavy (non-hydrogen) atoms. The molecule has 186 valence electrons. The molecule has 1 unspecified atom stereocenters. The molecule has 2 aromatic carbocycles. The van der Waals surface area contributed by atoms with E-state index in [4.69, 9.17) is 34.8 Å². The van der Waals surface area contributed by atoms with Crippen molar-refractivity contribution in [3.05, 3.63) is 72.6 Å². The minimum Gasteiger partial charge on any atom is -0.351 e. The second-order valence-electron chi connectivity index (χ2n) is 6.84. The Hall–Kier alpha value is -1.07. The third kappa shape index (κ3) is 8.86. The Balaban J connectivity index is 2.12. The topological polar surface area (TPSA) is 29.1 Å². The number of allylic oxidation sites excluding steroid dienone is 1. The Bertz CT molecular complexity index is 1040. The fraction of sp³-hybridized carbons (Fsp3) is 0.286. The molecule has 0 aliphatic rings. The molecular formula is C21H15BrCl3F6NOS. The van der Waals surface area contributed by atoms with Crippen molar-refractivity contribution < 1.29 is 31.1 Å². The van der Waals surface area contributed by atoms with Crippen LogP contribution in [0.2, 0.25) is 15.1 Å². The standard InChI is InChI=1S/C21H15BrCl3F6NOS/c22-15-7-11(1-3-13(15)19(33)32-5-6-34-10-20(26,27)28)2-4-14(21(29,30)31)12-8-16(23)18(25)17(24)9-12/h1-4,7-9,14H,5-6,10H2,(H,32,33). The Morgan fingerprint density at radius 1 is 1.06 bits per heavy atom. The van der Waals surface area contributed by atoms with Crippen LogP contribution < -0.4 is 5.32 Å². The molecule has 1 atom stereocenters. The molecule has 2 nitrogen and oxygen atoms in total. The predicted molar refractivity (Wildman–Crippen MR) is 129 cm³/mol. The summed E-state index contributed by atoms with van der Waals surface area (Å²) in [6.45, 7) is 0.0210. The van der Waals surface area contributed by atoms with Crippen LogP contribution in [0.1, 0.15) is 27.4 Å². The summed E-state index contributed by atoms with van der Waals surface area (Å²) in [5.41, 5.74) is 0.354. The number of alkyl halides is 6. The largest absolute Gasteiger partial charge is 0.399 e. The van der Waals surface area contributed by atoms with Crippen LogP contribution in [0, 0.1) is 0 Å². The maximum atomic E-state index is 13.7. The van der Waals surface area contributed by atoms with E-state index in [2.05, 4.69) is 21.2 Å². The number of thioether (sulfide) groups is 1. The zero-order chi connectivity index (χ0) is 25.7. The average molecular weight is 630 g/mol. The van der Waals surface area contributed by atoms with Crippen LogP contribution in [0.4, 0.5) is 26.3 Å². The summed E-state index contributed by atoms with van der Waals surface area (Å²) >= 11 is 21.4. The first-order valence-corrected chi connectivity index (χ1v) is 12.4. The summed E-state index contributed by atoms with van der Waals surface area (Å²) in [7, 11) is 0. The van der Waals surface area contributed by atoms with Gasteiger partial charge >= 0.3 is 12.4 Å². The van der Waals surface area contributed by atoms with Gasteiger partial charge in [0.05, 0.1) is 32.3 Å². The van der Waals surface area contributed by atoms with Crippen LogP contribution in [-0.4, -0.2) is 36.3 Å². The van der Waals surface area contributed by atoms with Crippen molar-refractivity contribution in [3.8, 4) is 0 Å². The minimum atomic E-state index is -4.64. The number of rotatable bonds is 8. The Morgan fingerprint density at radius 3 is 2.21 bits per heavy atom. The molecule has 0 heterocycles. The summed E-state index contributed by atoms with van der Waals surface area (Å²) < 4.78 is 77.7. The number of benzene rings is 2. The van der Waals surface area contributed by atoms with E-state index in [9.17, 15) is 31.1 Å². The van der Waals surface area contributed by atoms with Gasteiger partial charge in [-0.15, -0.1) is 0 Å². The monoisotopic (exact) mass is 627 g/mol. The van der Waals surface area contributed by atoms with Gasteiger partial charge in [0.15, 0.2) is 0 Å². The molecule has 1 N–H and O–H groups in total. The van der Waals surface area contributed by atoms with Gasteiger partial charge < -0.3 is 5.32 Å². The smallest absolute Gasteiger partial charge is 0.351 e. The minimum absolute atomic E-state index is 0.0210. The lowest BCUT2D eigenvalue weighted by Gasteiger charge is -2.18. The summed E-state index contributed by atoms with van der Waals surface area (Å²) in [6, 6.07) is 6.45. The normalized spacial score (nSPS) is 13.4. The zero-order valence-corrected chi connectivity index (χ0v) is 21.5. The van der Waals surface area contributed by atoms with Gasteiger partial charge in [-0.3, -0.25) is 4.79 Å². The second kappa shape index (κ2) is 12.3. The molecule has 0 aromatic heterocycles. The van der Waals surface area contributed by atoms with Gasteiger partial charge in [-0.1, -0.05) is 53.0 Å². The van der Waals surface area contributed by atoms with Crippen molar-refractivity contribution in [1.29, 1.82) is 0 Å². The van der Waals surface area contributed by atoms with Crippen LogP contribution in [0.15, 0.2) is 40.9 Å². The molecule has 0 saturated carbocycles. The first kappa shape index (κ1) is 29.2. The summed E-state index contributed by atoms with van der Waals surface area (Å²) in [6.07, 6.45) is -6.76. The van der Waals surface area contributed by atoms with Crippen molar-refractivity contribution in [2.24, 2.45) is 0 Å². The number of carbonyl (C=O) groups is 1. The van der Waals surface area contributed by atoms with E-state index in [-0.39, 0.29) is 38.5 Å². The zero-order valence-electron chi connectivity index (χ0n) is 16.8. The van der Waals surface area contributed by atoms with Crippen LogP contribution in [0.5, 0.6) is 0 Å². The van der Waals surface area contributed by atoms with E-state index in [0.717, 1.165) is 18.2 Å². The van der Waals surface area contributed by atoms with Crippen molar-refractivity contribution in [2.75, 3.05) is 18.1 Å². The maximum absolute atomic E-state index is 13.7. The lowest BCUT2D eigenvalue weighted by atomic mass is 9.97. The van der Waals surface area contributed by atoms with Crippen molar-refractivity contribution in [3.63, 3.8) is 0 Å². The fourth-order valence-corrected chi connectivity index (χ4v) is 4.52. The lowest BCUT2D eigenvalue weighted by Crippen LogP contribution is -2.26. The van der Waals surface area contributed by atoms with Crippen molar-refractivity contribution in [2.45, 2.75) is 18.3 Å². The van der Waals surface area contributed by atoms with Gasteiger partial charge in [0.25, 0.3) is 5.91 Å². The number of hydrogen-bond acceptors (Lipinski definition) is 2. The molecule has 0 fully saturated rings. The van der Waals surface area contributed by atoms with E-state index < -0.39 is 29.9 Å². The summed E-state index contributed by atoms with van der Waals surface area (Å²) in [4.78, 5) is 12.2. The van der Waals surface area contributed by atoms with Gasteiger partial charge in [0.2, 0.25) is 0 Å². The molecule has 0 saturated heterocycles. The van der Waals surface area contributed by atoms with E-state index in [1.165, 1.54) is 24.3 Å². The highest BCUT2D eigenvalue weighted by Crippen LogP contribution is 2.41. The van der Waals surface area contributed by atoms with Crippen LogP contribution >= 0.6 is 62.5 Å². The van der Waals surface area contributed by atoms with E-state index in [1.54, 1.807) is 0 Å². The van der Waals surface area contributed by atoms with Gasteiger partial charge in [0, 0.05) is 16.8 Å². The Labute approximate surface area is 219 Å². The summed E-state index contributed by atoms with van der Waals surface area (Å²) in [5, 5.41) is 2.23.